The Balaban J connectivity index is 2.46. The maximum Gasteiger partial charge on any atom is 0.309 e. The first-order valence-corrected chi connectivity index (χ1v) is 6.83. The Labute approximate surface area is 118 Å². The Hall–Kier alpha value is -1.85. The van der Waals surface area contributed by atoms with Crippen molar-refractivity contribution in [2.75, 3.05) is 0 Å². The molecule has 2 atom stereocenters. The number of hydrogen-bond donors (Lipinski definition) is 1. The summed E-state index contributed by atoms with van der Waals surface area (Å²) in [5, 5.41) is 13.6. The van der Waals surface area contributed by atoms with Crippen LogP contribution in [0.4, 0.5) is 0 Å². The summed E-state index contributed by atoms with van der Waals surface area (Å²) in [6.07, 6.45) is 3.55. The zero-order valence-corrected chi connectivity index (χ0v) is 12.3. The van der Waals surface area contributed by atoms with Crippen LogP contribution in [0, 0.1) is 5.92 Å². The normalized spacial score (nSPS) is 23.4. The van der Waals surface area contributed by atoms with Gasteiger partial charge in [0.25, 0.3) is 0 Å². The largest absolute Gasteiger partial charge is 0.481 e. The van der Waals surface area contributed by atoms with Crippen molar-refractivity contribution in [1.29, 1.82) is 0 Å². The van der Waals surface area contributed by atoms with Gasteiger partial charge in [-0.25, -0.2) is 0 Å². The van der Waals surface area contributed by atoms with E-state index in [1.54, 1.807) is 15.8 Å². The van der Waals surface area contributed by atoms with E-state index in [0.29, 0.717) is 6.54 Å². The van der Waals surface area contributed by atoms with Gasteiger partial charge in [-0.15, -0.1) is 0 Å². The van der Waals surface area contributed by atoms with E-state index in [1.165, 1.54) is 0 Å². The van der Waals surface area contributed by atoms with Gasteiger partial charge in [-0.05, 0) is 27.7 Å². The second-order valence-electron chi connectivity index (χ2n) is 6.16. The van der Waals surface area contributed by atoms with Crippen LogP contribution in [0.2, 0.25) is 0 Å². The predicted octanol–water partition coefficient (Wildman–Crippen LogP) is 1.68. The molecule has 2 heterocycles. The van der Waals surface area contributed by atoms with E-state index in [0.717, 1.165) is 5.56 Å². The summed E-state index contributed by atoms with van der Waals surface area (Å²) >= 11 is 0. The number of carbonyl (C=O) groups is 2. The molecule has 1 amide bonds. The molecule has 1 aromatic heterocycles. The standard InChI is InChI=1S/C14H21N3O3/c1-5-16-8-9(7-15-16)12-10(13(19)20)6-11(18)17(12)14(2,3)4/h7-8,10,12H,5-6H2,1-4H3,(H,19,20). The number of rotatable bonds is 3. The first-order valence-electron chi connectivity index (χ1n) is 6.83. The fraction of sp³-hybridized carbons (Fsp3) is 0.643. The van der Waals surface area contributed by atoms with Gasteiger partial charge < -0.3 is 10.0 Å². The van der Waals surface area contributed by atoms with Crippen LogP contribution in [-0.2, 0) is 16.1 Å². The highest BCUT2D eigenvalue weighted by atomic mass is 16.4. The van der Waals surface area contributed by atoms with Gasteiger partial charge in [-0.3, -0.25) is 14.3 Å². The molecule has 2 unspecified atom stereocenters. The molecule has 110 valence electrons. The molecule has 1 aromatic rings. The first-order chi connectivity index (χ1) is 9.25. The summed E-state index contributed by atoms with van der Waals surface area (Å²) in [7, 11) is 0. The smallest absolute Gasteiger partial charge is 0.309 e. The summed E-state index contributed by atoms with van der Waals surface area (Å²) in [5.74, 6) is -1.75. The van der Waals surface area contributed by atoms with E-state index in [4.69, 9.17) is 0 Å². The predicted molar refractivity (Wildman–Crippen MR) is 73.0 cm³/mol. The lowest BCUT2D eigenvalue weighted by Crippen LogP contribution is -2.44. The van der Waals surface area contributed by atoms with Crippen molar-refractivity contribution in [1.82, 2.24) is 14.7 Å². The maximum atomic E-state index is 12.2. The van der Waals surface area contributed by atoms with Crippen LogP contribution in [0.15, 0.2) is 12.4 Å². The molecule has 0 radical (unpaired) electrons. The summed E-state index contributed by atoms with van der Waals surface area (Å²) in [6, 6.07) is -0.444. The molecule has 20 heavy (non-hydrogen) atoms. The van der Waals surface area contributed by atoms with Crippen LogP contribution in [0.25, 0.3) is 0 Å². The molecule has 1 N–H and O–H groups in total. The Kier molecular flexibility index (Phi) is 3.58. The van der Waals surface area contributed by atoms with Gasteiger partial charge in [0.2, 0.25) is 5.91 Å². The Morgan fingerprint density at radius 1 is 1.50 bits per heavy atom. The van der Waals surface area contributed by atoms with E-state index < -0.39 is 23.5 Å². The monoisotopic (exact) mass is 279 g/mol. The lowest BCUT2D eigenvalue weighted by molar-refractivity contribution is -0.142. The van der Waals surface area contributed by atoms with Gasteiger partial charge in [-0.1, -0.05) is 0 Å². The maximum absolute atomic E-state index is 12.2. The molecule has 1 saturated heterocycles. The third-order valence-corrected chi connectivity index (χ3v) is 3.68. The number of carboxylic acid groups (broad SMARTS) is 1. The minimum Gasteiger partial charge on any atom is -0.481 e. The fourth-order valence-electron chi connectivity index (χ4n) is 2.83. The van der Waals surface area contributed by atoms with Crippen molar-refractivity contribution in [3.63, 3.8) is 0 Å². The van der Waals surface area contributed by atoms with Gasteiger partial charge in [0, 0.05) is 30.3 Å². The third kappa shape index (κ3) is 2.42. The summed E-state index contributed by atoms with van der Waals surface area (Å²) < 4.78 is 1.75. The van der Waals surface area contributed by atoms with Crippen molar-refractivity contribution in [3.05, 3.63) is 18.0 Å². The second-order valence-corrected chi connectivity index (χ2v) is 6.16. The van der Waals surface area contributed by atoms with Gasteiger partial charge in [0.15, 0.2) is 0 Å². The lowest BCUT2D eigenvalue weighted by Gasteiger charge is -2.37. The highest BCUT2D eigenvalue weighted by molar-refractivity contribution is 5.87. The molecule has 0 aromatic carbocycles. The Bertz CT molecular complexity index is 530. The van der Waals surface area contributed by atoms with Gasteiger partial charge >= 0.3 is 5.97 Å². The molecule has 6 heteroatoms. The number of likely N-dealkylation sites (tertiary alicyclic amines) is 1. The van der Waals surface area contributed by atoms with E-state index in [2.05, 4.69) is 5.10 Å². The Morgan fingerprint density at radius 2 is 2.15 bits per heavy atom. The third-order valence-electron chi connectivity index (χ3n) is 3.68. The highest BCUT2D eigenvalue weighted by Crippen LogP contribution is 2.42. The lowest BCUT2D eigenvalue weighted by atomic mass is 9.93. The number of carboxylic acids is 1. The molecule has 0 saturated carbocycles. The van der Waals surface area contributed by atoms with Crippen LogP contribution in [0.3, 0.4) is 0 Å². The number of aromatic nitrogens is 2. The van der Waals surface area contributed by atoms with E-state index in [-0.39, 0.29) is 12.3 Å². The van der Waals surface area contributed by atoms with E-state index in [1.807, 2.05) is 33.9 Å². The molecule has 0 spiro atoms. The SMILES string of the molecule is CCn1cc(C2C(C(=O)O)CC(=O)N2C(C)(C)C)cn1. The molecular formula is C14H21N3O3. The number of carbonyl (C=O) groups excluding carboxylic acids is 1. The van der Waals surface area contributed by atoms with E-state index in [9.17, 15) is 14.7 Å². The van der Waals surface area contributed by atoms with Crippen LogP contribution in [-0.4, -0.2) is 37.2 Å². The quantitative estimate of drug-likeness (QED) is 0.913. The number of amides is 1. The first kappa shape index (κ1) is 14.6. The van der Waals surface area contributed by atoms with Crippen LogP contribution in [0.5, 0.6) is 0 Å². The summed E-state index contributed by atoms with van der Waals surface area (Å²) in [5.41, 5.74) is 0.375. The second kappa shape index (κ2) is 4.92. The molecule has 1 aliphatic rings. The van der Waals surface area contributed by atoms with Crippen molar-refractivity contribution in [2.24, 2.45) is 5.92 Å². The summed E-state index contributed by atoms with van der Waals surface area (Å²) in [4.78, 5) is 25.4. The van der Waals surface area contributed by atoms with Crippen molar-refractivity contribution < 1.29 is 14.7 Å². The fourth-order valence-corrected chi connectivity index (χ4v) is 2.83. The molecule has 2 rings (SSSR count). The van der Waals surface area contributed by atoms with Crippen LogP contribution < -0.4 is 0 Å². The highest BCUT2D eigenvalue weighted by Gasteiger charge is 2.49. The van der Waals surface area contributed by atoms with Crippen molar-refractivity contribution >= 4 is 11.9 Å². The molecular weight excluding hydrogens is 258 g/mol. The van der Waals surface area contributed by atoms with E-state index >= 15 is 0 Å². The zero-order valence-electron chi connectivity index (χ0n) is 12.3. The summed E-state index contributed by atoms with van der Waals surface area (Å²) in [6.45, 7) is 8.45. The zero-order chi connectivity index (χ0) is 15.1. The average Bonchev–Trinajstić information content (AvgIpc) is 2.90. The number of aliphatic carboxylic acids is 1. The minimum atomic E-state index is -0.931. The number of hydrogen-bond acceptors (Lipinski definition) is 3. The molecule has 1 aliphatic heterocycles. The molecule has 1 fully saturated rings. The topological polar surface area (TPSA) is 75.4 Å². The average molecular weight is 279 g/mol. The van der Waals surface area contributed by atoms with Crippen LogP contribution in [0.1, 0.15) is 45.7 Å². The Morgan fingerprint density at radius 3 is 2.60 bits per heavy atom. The van der Waals surface area contributed by atoms with Crippen molar-refractivity contribution in [2.45, 2.75) is 52.2 Å². The van der Waals surface area contributed by atoms with Crippen LogP contribution >= 0.6 is 0 Å². The van der Waals surface area contributed by atoms with Gasteiger partial charge in [0.1, 0.15) is 0 Å². The molecule has 6 nitrogen and oxygen atoms in total. The minimum absolute atomic E-state index is 0.0502. The number of nitrogens with zero attached hydrogens (tertiary/aromatic N) is 3. The van der Waals surface area contributed by atoms with Gasteiger partial charge in [-0.2, -0.15) is 5.10 Å². The molecule has 0 aliphatic carbocycles. The van der Waals surface area contributed by atoms with Gasteiger partial charge in [0.05, 0.1) is 18.2 Å². The number of aryl methyl sites for hydroxylation is 1. The molecule has 0 bridgehead atoms. The van der Waals surface area contributed by atoms with Crippen molar-refractivity contribution in [3.8, 4) is 0 Å².